The number of rotatable bonds is 5. The van der Waals surface area contributed by atoms with E-state index in [-0.39, 0.29) is 41.7 Å². The fraction of sp³-hybridized carbons (Fsp3) is 0.318. The Labute approximate surface area is 166 Å². The molecule has 0 saturated carbocycles. The van der Waals surface area contributed by atoms with Crippen molar-refractivity contribution in [2.45, 2.75) is 12.8 Å². The van der Waals surface area contributed by atoms with E-state index >= 15 is 0 Å². The van der Waals surface area contributed by atoms with Crippen LogP contribution in [-0.4, -0.2) is 53.6 Å². The Balaban J connectivity index is 1.32. The number of piperidine rings is 1. The van der Waals surface area contributed by atoms with Gasteiger partial charge in [-0.05, 0) is 68.2 Å². The molecule has 5 nitrogen and oxygen atoms in total. The van der Waals surface area contributed by atoms with Crippen LogP contribution in [0.25, 0.3) is 0 Å². The Morgan fingerprint density at radius 2 is 1.66 bits per heavy atom. The van der Waals surface area contributed by atoms with Gasteiger partial charge in [0.15, 0.2) is 5.78 Å². The summed E-state index contributed by atoms with van der Waals surface area (Å²) in [4.78, 5) is 40.4. The van der Waals surface area contributed by atoms with E-state index in [1.165, 1.54) is 42.5 Å². The standard InChI is InChI=1S/C22H20F2N2O3/c23-16-6-4-15(5-7-16)19(27)13-25-10-8-14(9-11-25)12-26-21(28)17-2-1-3-18(24)20(17)22(26)29/h1-7,14H,8-13H2. The Morgan fingerprint density at radius 3 is 2.31 bits per heavy atom. The van der Waals surface area contributed by atoms with E-state index in [2.05, 4.69) is 0 Å². The third kappa shape index (κ3) is 3.82. The zero-order valence-corrected chi connectivity index (χ0v) is 15.7. The van der Waals surface area contributed by atoms with Gasteiger partial charge >= 0.3 is 0 Å². The van der Waals surface area contributed by atoms with Crippen LogP contribution in [0.4, 0.5) is 8.78 Å². The van der Waals surface area contributed by atoms with Crippen LogP contribution in [0.5, 0.6) is 0 Å². The molecule has 2 amide bonds. The van der Waals surface area contributed by atoms with Gasteiger partial charge in [-0.15, -0.1) is 0 Å². The highest BCUT2D eigenvalue weighted by Gasteiger charge is 2.39. The van der Waals surface area contributed by atoms with Crippen LogP contribution in [0.1, 0.15) is 43.9 Å². The molecule has 0 N–H and O–H groups in total. The lowest BCUT2D eigenvalue weighted by Gasteiger charge is -2.33. The fourth-order valence-corrected chi connectivity index (χ4v) is 3.97. The summed E-state index contributed by atoms with van der Waals surface area (Å²) in [7, 11) is 0. The minimum atomic E-state index is -0.669. The number of Topliss-reactive ketones (excluding diaryl/α,β-unsaturated/α-hetero) is 1. The summed E-state index contributed by atoms with van der Waals surface area (Å²) in [5.74, 6) is -2.03. The summed E-state index contributed by atoms with van der Waals surface area (Å²) in [6.07, 6.45) is 1.46. The molecule has 0 spiro atoms. The monoisotopic (exact) mass is 398 g/mol. The molecule has 2 aromatic rings. The van der Waals surface area contributed by atoms with E-state index in [0.717, 1.165) is 17.7 Å². The van der Waals surface area contributed by atoms with Gasteiger partial charge in [-0.3, -0.25) is 24.2 Å². The number of carbonyl (C=O) groups is 3. The molecule has 2 aliphatic heterocycles. The van der Waals surface area contributed by atoms with E-state index in [0.29, 0.717) is 18.7 Å². The summed E-state index contributed by atoms with van der Waals surface area (Å²) in [5.41, 5.74) is 0.457. The molecule has 150 valence electrons. The first-order valence-electron chi connectivity index (χ1n) is 9.60. The quantitative estimate of drug-likeness (QED) is 0.574. The molecule has 0 atom stereocenters. The molecule has 1 saturated heterocycles. The maximum absolute atomic E-state index is 13.9. The van der Waals surface area contributed by atoms with Gasteiger partial charge in [0.25, 0.3) is 11.8 Å². The van der Waals surface area contributed by atoms with E-state index < -0.39 is 17.6 Å². The maximum atomic E-state index is 13.9. The molecule has 2 aliphatic rings. The number of ketones is 1. The Kier molecular flexibility index (Phi) is 5.24. The molecule has 7 heteroatoms. The second-order valence-electron chi connectivity index (χ2n) is 7.53. The summed E-state index contributed by atoms with van der Waals surface area (Å²) >= 11 is 0. The fourth-order valence-electron chi connectivity index (χ4n) is 3.97. The number of hydrogen-bond acceptors (Lipinski definition) is 4. The summed E-state index contributed by atoms with van der Waals surface area (Å²) in [6, 6.07) is 9.58. The lowest BCUT2D eigenvalue weighted by atomic mass is 9.95. The van der Waals surface area contributed by atoms with Crippen molar-refractivity contribution in [3.05, 3.63) is 70.8 Å². The van der Waals surface area contributed by atoms with E-state index in [1.54, 1.807) is 0 Å². The average molecular weight is 398 g/mol. The van der Waals surface area contributed by atoms with Gasteiger partial charge in [-0.2, -0.15) is 0 Å². The number of amides is 2. The van der Waals surface area contributed by atoms with Crippen molar-refractivity contribution in [1.29, 1.82) is 0 Å². The third-order valence-corrected chi connectivity index (χ3v) is 5.63. The summed E-state index contributed by atoms with van der Waals surface area (Å²) in [6.45, 7) is 1.83. The lowest BCUT2D eigenvalue weighted by molar-refractivity contribution is 0.0596. The molecule has 2 heterocycles. The molecule has 0 bridgehead atoms. The minimum Gasteiger partial charge on any atom is -0.296 e. The molecule has 2 aromatic carbocycles. The number of imide groups is 1. The highest BCUT2D eigenvalue weighted by atomic mass is 19.1. The number of benzene rings is 2. The van der Waals surface area contributed by atoms with Crippen LogP contribution in [0, 0.1) is 17.6 Å². The average Bonchev–Trinajstić information content (AvgIpc) is 2.95. The van der Waals surface area contributed by atoms with Crippen molar-refractivity contribution in [3.63, 3.8) is 0 Å². The van der Waals surface area contributed by atoms with Gasteiger partial charge in [0.1, 0.15) is 11.6 Å². The predicted octanol–water partition coefficient (Wildman–Crippen LogP) is 3.16. The number of likely N-dealkylation sites (tertiary alicyclic amines) is 1. The number of halogens is 2. The second-order valence-corrected chi connectivity index (χ2v) is 7.53. The van der Waals surface area contributed by atoms with Gasteiger partial charge in [-0.1, -0.05) is 6.07 Å². The topological polar surface area (TPSA) is 57.7 Å². The van der Waals surface area contributed by atoms with Gasteiger partial charge in [-0.25, -0.2) is 8.78 Å². The molecular formula is C22H20F2N2O3. The van der Waals surface area contributed by atoms with Crippen molar-refractivity contribution in [2.75, 3.05) is 26.2 Å². The zero-order chi connectivity index (χ0) is 20.5. The molecular weight excluding hydrogens is 378 g/mol. The number of hydrogen-bond donors (Lipinski definition) is 0. The number of fused-ring (bicyclic) bond motifs is 1. The maximum Gasteiger partial charge on any atom is 0.264 e. The highest BCUT2D eigenvalue weighted by Crippen LogP contribution is 2.28. The van der Waals surface area contributed by atoms with Crippen LogP contribution >= 0.6 is 0 Å². The van der Waals surface area contributed by atoms with Crippen LogP contribution in [0.15, 0.2) is 42.5 Å². The van der Waals surface area contributed by atoms with Crippen LogP contribution in [-0.2, 0) is 0 Å². The van der Waals surface area contributed by atoms with E-state index in [9.17, 15) is 23.2 Å². The van der Waals surface area contributed by atoms with Crippen LogP contribution < -0.4 is 0 Å². The molecule has 0 aromatic heterocycles. The Hall–Kier alpha value is -2.93. The van der Waals surface area contributed by atoms with Crippen molar-refractivity contribution in [2.24, 2.45) is 5.92 Å². The second kappa shape index (κ2) is 7.83. The first-order valence-corrected chi connectivity index (χ1v) is 9.60. The predicted molar refractivity (Wildman–Crippen MR) is 102 cm³/mol. The SMILES string of the molecule is O=C(CN1CCC(CN2C(=O)c3cccc(F)c3C2=O)CC1)c1ccc(F)cc1. The smallest absolute Gasteiger partial charge is 0.264 e. The summed E-state index contributed by atoms with van der Waals surface area (Å²) in [5, 5.41) is 0. The van der Waals surface area contributed by atoms with E-state index in [1.807, 2.05) is 4.90 Å². The summed E-state index contributed by atoms with van der Waals surface area (Å²) < 4.78 is 26.9. The highest BCUT2D eigenvalue weighted by molar-refractivity contribution is 6.21. The Bertz CT molecular complexity index is 967. The minimum absolute atomic E-state index is 0.0701. The molecule has 29 heavy (non-hydrogen) atoms. The third-order valence-electron chi connectivity index (χ3n) is 5.63. The van der Waals surface area contributed by atoms with Gasteiger partial charge < -0.3 is 0 Å². The van der Waals surface area contributed by atoms with Crippen molar-refractivity contribution < 1.29 is 23.2 Å². The van der Waals surface area contributed by atoms with Crippen LogP contribution in [0.3, 0.4) is 0 Å². The van der Waals surface area contributed by atoms with Gasteiger partial charge in [0, 0.05) is 12.1 Å². The first-order chi connectivity index (χ1) is 13.9. The molecule has 1 fully saturated rings. The van der Waals surface area contributed by atoms with E-state index in [4.69, 9.17) is 0 Å². The molecule has 4 rings (SSSR count). The van der Waals surface area contributed by atoms with Gasteiger partial charge in [0.2, 0.25) is 0 Å². The first kappa shape index (κ1) is 19.4. The number of nitrogens with zero attached hydrogens (tertiary/aromatic N) is 2. The largest absolute Gasteiger partial charge is 0.296 e. The lowest BCUT2D eigenvalue weighted by Crippen LogP contribution is -2.42. The van der Waals surface area contributed by atoms with Gasteiger partial charge in [0.05, 0.1) is 17.7 Å². The number of carbonyl (C=O) groups excluding carboxylic acids is 3. The molecule has 0 unspecified atom stereocenters. The molecule has 0 radical (unpaired) electrons. The van der Waals surface area contributed by atoms with Crippen molar-refractivity contribution >= 4 is 17.6 Å². The zero-order valence-electron chi connectivity index (χ0n) is 15.7. The van der Waals surface area contributed by atoms with Crippen molar-refractivity contribution in [1.82, 2.24) is 9.80 Å². The van der Waals surface area contributed by atoms with Crippen molar-refractivity contribution in [3.8, 4) is 0 Å². The normalized spacial score (nSPS) is 17.7. The molecule has 0 aliphatic carbocycles. The Morgan fingerprint density at radius 1 is 0.966 bits per heavy atom. The van der Waals surface area contributed by atoms with Crippen LogP contribution in [0.2, 0.25) is 0 Å².